The normalized spacial score (nSPS) is 16.1. The van der Waals surface area contributed by atoms with Gasteiger partial charge in [-0.3, -0.25) is 9.89 Å². The molecule has 4 heterocycles. The number of aliphatic imine (C=N–C) groups is 1. The summed E-state index contributed by atoms with van der Waals surface area (Å²) in [4.78, 5) is 12.2. The van der Waals surface area contributed by atoms with Crippen molar-refractivity contribution < 1.29 is 13.9 Å². The number of halogens is 1. The third-order valence-electron chi connectivity index (χ3n) is 8.30. The molecule has 2 aromatic heterocycles. The number of ether oxygens (including phenoxy) is 2. The van der Waals surface area contributed by atoms with Crippen molar-refractivity contribution in [1.82, 2.24) is 29.4 Å². The fourth-order valence-corrected chi connectivity index (χ4v) is 5.86. The molecule has 4 aromatic rings. The van der Waals surface area contributed by atoms with Crippen LogP contribution in [0.15, 0.2) is 53.2 Å². The SMILES string of the molecule is CC1=NCC(C)=C1c1ccc2c(c1)nc(CCc1ccc(OCc3cn(C(C)C)nn3)c(F)c1)n2CCN1CCOCC1. The van der Waals surface area contributed by atoms with Gasteiger partial charge in [-0.15, -0.1) is 5.10 Å². The summed E-state index contributed by atoms with van der Waals surface area (Å²) in [6.45, 7) is 14.4. The van der Waals surface area contributed by atoms with Crippen molar-refractivity contribution in [3.8, 4) is 5.75 Å². The van der Waals surface area contributed by atoms with Crippen molar-refractivity contribution in [3.05, 3.63) is 76.6 Å². The number of nitrogens with zero attached hydrogens (tertiary/aromatic N) is 7. The van der Waals surface area contributed by atoms with E-state index in [4.69, 9.17) is 14.5 Å². The van der Waals surface area contributed by atoms with Gasteiger partial charge >= 0.3 is 0 Å². The molecule has 1 saturated heterocycles. The molecule has 0 N–H and O–H groups in total. The Morgan fingerprint density at radius 1 is 1.02 bits per heavy atom. The number of morpholine rings is 1. The standard InChI is InChI=1S/C33H40FN7O2/c1-22(2)41-20-27(37-38-41)21-43-31-9-5-25(17-28(31)34)6-10-32-36-29-18-26(33-23(3)19-35-24(33)4)7-8-30(29)40(32)12-11-39-13-15-42-16-14-39/h5,7-9,17-18,20,22H,6,10-16,19,21H2,1-4H3. The van der Waals surface area contributed by atoms with E-state index < -0.39 is 0 Å². The predicted octanol–water partition coefficient (Wildman–Crippen LogP) is 5.29. The maximum atomic E-state index is 15.0. The van der Waals surface area contributed by atoms with Crippen molar-refractivity contribution in [2.24, 2.45) is 4.99 Å². The first kappa shape index (κ1) is 29.2. The van der Waals surface area contributed by atoms with Crippen molar-refractivity contribution >= 4 is 22.3 Å². The van der Waals surface area contributed by atoms with Gasteiger partial charge in [-0.2, -0.15) is 0 Å². The van der Waals surface area contributed by atoms with Crippen molar-refractivity contribution in [1.29, 1.82) is 0 Å². The van der Waals surface area contributed by atoms with Crippen LogP contribution in [-0.2, 0) is 30.7 Å². The molecule has 6 rings (SSSR count). The second-order valence-electron chi connectivity index (χ2n) is 11.7. The lowest BCUT2D eigenvalue weighted by Crippen LogP contribution is -2.38. The van der Waals surface area contributed by atoms with Crippen LogP contribution in [0.1, 0.15) is 56.4 Å². The molecule has 1 fully saturated rings. The monoisotopic (exact) mass is 585 g/mol. The van der Waals surface area contributed by atoms with Crippen LogP contribution in [0.3, 0.4) is 0 Å². The minimum Gasteiger partial charge on any atom is -0.484 e. The van der Waals surface area contributed by atoms with E-state index >= 15 is 4.39 Å². The third-order valence-corrected chi connectivity index (χ3v) is 8.30. The number of allylic oxidation sites excluding steroid dienone is 1. The lowest BCUT2D eigenvalue weighted by molar-refractivity contribution is 0.0364. The molecule has 0 atom stereocenters. The molecule has 2 aromatic carbocycles. The van der Waals surface area contributed by atoms with Gasteiger partial charge in [0.2, 0.25) is 0 Å². The fraction of sp³-hybridized carbons (Fsp3) is 0.455. The molecule has 0 amide bonds. The number of fused-ring (bicyclic) bond motifs is 1. The predicted molar refractivity (Wildman–Crippen MR) is 166 cm³/mol. The molecular weight excluding hydrogens is 545 g/mol. The highest BCUT2D eigenvalue weighted by Gasteiger charge is 2.19. The van der Waals surface area contributed by atoms with Crippen molar-refractivity contribution in [2.75, 3.05) is 39.4 Å². The highest BCUT2D eigenvalue weighted by atomic mass is 19.1. The average Bonchev–Trinajstić information content (AvgIpc) is 3.71. The Bertz CT molecular complexity index is 1660. The van der Waals surface area contributed by atoms with Gasteiger partial charge in [0.15, 0.2) is 11.6 Å². The highest BCUT2D eigenvalue weighted by molar-refractivity contribution is 6.25. The molecule has 0 unspecified atom stereocenters. The van der Waals surface area contributed by atoms with Gasteiger partial charge in [0.1, 0.15) is 18.1 Å². The fourth-order valence-electron chi connectivity index (χ4n) is 5.86. The molecule has 0 bridgehead atoms. The van der Waals surface area contributed by atoms with Crippen molar-refractivity contribution in [3.63, 3.8) is 0 Å². The molecule has 10 heteroatoms. The average molecular weight is 586 g/mol. The first-order valence-corrected chi connectivity index (χ1v) is 15.2. The quantitative estimate of drug-likeness (QED) is 0.238. The van der Waals surface area contributed by atoms with Gasteiger partial charge in [0, 0.05) is 49.9 Å². The second kappa shape index (κ2) is 12.8. The smallest absolute Gasteiger partial charge is 0.165 e. The Kier molecular flexibility index (Phi) is 8.67. The number of hydrogen-bond donors (Lipinski definition) is 0. The Labute approximate surface area is 252 Å². The van der Waals surface area contributed by atoms with Gasteiger partial charge in [-0.25, -0.2) is 14.1 Å². The Morgan fingerprint density at radius 2 is 1.86 bits per heavy atom. The summed E-state index contributed by atoms with van der Waals surface area (Å²) in [5.41, 5.74) is 8.45. The number of hydrogen-bond acceptors (Lipinski definition) is 7. The Morgan fingerprint density at radius 3 is 2.58 bits per heavy atom. The molecule has 9 nitrogen and oxygen atoms in total. The number of rotatable bonds is 11. The van der Waals surface area contributed by atoms with E-state index in [9.17, 15) is 0 Å². The maximum absolute atomic E-state index is 15.0. The van der Waals surface area contributed by atoms with Crippen molar-refractivity contribution in [2.45, 2.75) is 59.7 Å². The van der Waals surface area contributed by atoms with Gasteiger partial charge < -0.3 is 14.0 Å². The van der Waals surface area contributed by atoms with E-state index in [1.54, 1.807) is 16.8 Å². The third kappa shape index (κ3) is 6.55. The van der Waals surface area contributed by atoms with Crippen LogP contribution in [-0.4, -0.2) is 74.5 Å². The summed E-state index contributed by atoms with van der Waals surface area (Å²) < 4.78 is 30.4. The summed E-state index contributed by atoms with van der Waals surface area (Å²) in [5, 5.41) is 8.19. The summed E-state index contributed by atoms with van der Waals surface area (Å²) in [7, 11) is 0. The lowest BCUT2D eigenvalue weighted by Gasteiger charge is -2.27. The van der Waals surface area contributed by atoms with Gasteiger partial charge in [-0.05, 0) is 75.1 Å². The lowest BCUT2D eigenvalue weighted by atomic mass is 9.99. The zero-order valence-corrected chi connectivity index (χ0v) is 25.5. The molecule has 0 spiro atoms. The van der Waals surface area contributed by atoms with Gasteiger partial charge in [-0.1, -0.05) is 17.3 Å². The van der Waals surface area contributed by atoms with E-state index in [2.05, 4.69) is 56.8 Å². The number of benzene rings is 2. The number of aromatic nitrogens is 5. The topological polar surface area (TPSA) is 82.6 Å². The zero-order chi connectivity index (χ0) is 29.9. The van der Waals surface area contributed by atoms with E-state index in [0.29, 0.717) is 18.5 Å². The molecule has 0 radical (unpaired) electrons. The van der Waals surface area contributed by atoms with Crippen LogP contribution in [0, 0.1) is 5.82 Å². The van der Waals surface area contributed by atoms with Crippen LogP contribution in [0.5, 0.6) is 5.75 Å². The second-order valence-corrected chi connectivity index (χ2v) is 11.7. The van der Waals surface area contributed by atoms with E-state index in [1.807, 2.05) is 26.1 Å². The largest absolute Gasteiger partial charge is 0.484 e. The summed E-state index contributed by atoms with van der Waals surface area (Å²) in [6, 6.07) is 12.0. The van der Waals surface area contributed by atoms with Gasteiger partial charge in [0.05, 0.1) is 37.0 Å². The summed E-state index contributed by atoms with van der Waals surface area (Å²) in [5.74, 6) is 0.844. The summed E-state index contributed by atoms with van der Waals surface area (Å²) in [6.07, 6.45) is 3.20. The van der Waals surface area contributed by atoms with Crippen LogP contribution in [0.2, 0.25) is 0 Å². The molecule has 226 valence electrons. The molecule has 2 aliphatic rings. The zero-order valence-electron chi connectivity index (χ0n) is 25.5. The van der Waals surface area contributed by atoms with E-state index in [-0.39, 0.29) is 24.2 Å². The van der Waals surface area contributed by atoms with E-state index in [0.717, 1.165) is 79.6 Å². The molecular formula is C33H40FN7O2. The van der Waals surface area contributed by atoms with Gasteiger partial charge in [0.25, 0.3) is 0 Å². The number of aryl methyl sites for hydroxylation is 2. The Hall–Kier alpha value is -3.89. The minimum absolute atomic E-state index is 0.167. The number of imidazole rings is 1. The summed E-state index contributed by atoms with van der Waals surface area (Å²) >= 11 is 0. The van der Waals surface area contributed by atoms with E-state index in [1.165, 1.54) is 11.1 Å². The van der Waals surface area contributed by atoms with Crippen LogP contribution < -0.4 is 4.74 Å². The molecule has 0 aliphatic carbocycles. The minimum atomic E-state index is -0.378. The first-order valence-electron chi connectivity index (χ1n) is 15.2. The molecule has 43 heavy (non-hydrogen) atoms. The van der Waals surface area contributed by atoms with Crippen LogP contribution in [0.4, 0.5) is 4.39 Å². The maximum Gasteiger partial charge on any atom is 0.165 e. The van der Waals surface area contributed by atoms with Crippen LogP contribution >= 0.6 is 0 Å². The first-order chi connectivity index (χ1) is 20.9. The molecule has 0 saturated carbocycles. The highest BCUT2D eigenvalue weighted by Crippen LogP contribution is 2.29. The molecule has 2 aliphatic heterocycles. The Balaban J connectivity index is 1.19. The van der Waals surface area contributed by atoms with Crippen LogP contribution in [0.25, 0.3) is 16.6 Å².